The molecule has 1 fully saturated rings. The maximum atomic E-state index is 11.9. The molecule has 4 nitrogen and oxygen atoms in total. The zero-order valence-corrected chi connectivity index (χ0v) is 9.19. The summed E-state index contributed by atoms with van der Waals surface area (Å²) in [7, 11) is 1.88. The van der Waals surface area contributed by atoms with Gasteiger partial charge in [-0.15, -0.1) is 0 Å². The van der Waals surface area contributed by atoms with Crippen LogP contribution in [0.2, 0.25) is 0 Å². The molecule has 1 aromatic rings. The average molecular weight is 208 g/mol. The summed E-state index contributed by atoms with van der Waals surface area (Å²) in [5, 5.41) is 4.22. The van der Waals surface area contributed by atoms with Crippen LogP contribution in [0.4, 0.5) is 0 Å². The molecule has 1 unspecified atom stereocenters. The summed E-state index contributed by atoms with van der Waals surface area (Å²) in [6, 6.07) is 1.97. The lowest BCUT2D eigenvalue weighted by atomic mass is 10.00. The Morgan fingerprint density at radius 3 is 3.07 bits per heavy atom. The molecule has 4 heteroatoms. The lowest BCUT2D eigenvalue weighted by Gasteiger charge is -2.06. The minimum absolute atomic E-state index is 0.0974. The van der Waals surface area contributed by atoms with Crippen molar-refractivity contribution in [1.82, 2.24) is 9.78 Å². The van der Waals surface area contributed by atoms with Crippen molar-refractivity contribution in [1.29, 1.82) is 0 Å². The third-order valence-electron chi connectivity index (χ3n) is 2.84. The SMILES string of the molecule is Cc1cc(CC(=O)C2CCOC2)n(C)n1. The molecule has 0 aliphatic carbocycles. The van der Waals surface area contributed by atoms with Gasteiger partial charge in [0.1, 0.15) is 5.78 Å². The second kappa shape index (κ2) is 4.14. The number of hydrogen-bond donors (Lipinski definition) is 0. The maximum Gasteiger partial charge on any atom is 0.144 e. The zero-order chi connectivity index (χ0) is 10.8. The highest BCUT2D eigenvalue weighted by Gasteiger charge is 2.24. The first-order valence-corrected chi connectivity index (χ1v) is 5.27. The van der Waals surface area contributed by atoms with Crippen molar-refractivity contribution in [3.8, 4) is 0 Å². The molecule has 15 heavy (non-hydrogen) atoms. The maximum absolute atomic E-state index is 11.9. The molecule has 2 rings (SSSR count). The predicted molar refractivity (Wildman–Crippen MR) is 55.6 cm³/mol. The smallest absolute Gasteiger partial charge is 0.144 e. The van der Waals surface area contributed by atoms with E-state index in [-0.39, 0.29) is 11.7 Å². The van der Waals surface area contributed by atoms with E-state index in [1.165, 1.54) is 0 Å². The van der Waals surface area contributed by atoms with Crippen molar-refractivity contribution < 1.29 is 9.53 Å². The Balaban J connectivity index is 2.01. The fourth-order valence-electron chi connectivity index (χ4n) is 1.94. The molecule has 0 aromatic carbocycles. The van der Waals surface area contributed by atoms with Gasteiger partial charge in [0.2, 0.25) is 0 Å². The quantitative estimate of drug-likeness (QED) is 0.740. The lowest BCUT2D eigenvalue weighted by molar-refractivity contribution is -0.122. The number of carbonyl (C=O) groups is 1. The van der Waals surface area contributed by atoms with Crippen LogP contribution in [0, 0.1) is 12.8 Å². The van der Waals surface area contributed by atoms with Crippen LogP contribution in [0.1, 0.15) is 17.8 Å². The Morgan fingerprint density at radius 1 is 1.73 bits per heavy atom. The molecule has 1 aliphatic rings. The van der Waals surface area contributed by atoms with Crippen LogP contribution in [0.5, 0.6) is 0 Å². The normalized spacial score (nSPS) is 20.8. The summed E-state index contributed by atoms with van der Waals surface area (Å²) in [4.78, 5) is 11.9. The van der Waals surface area contributed by atoms with Gasteiger partial charge in [0.05, 0.1) is 12.3 Å². The molecule has 1 atom stereocenters. The van der Waals surface area contributed by atoms with Crippen molar-refractivity contribution in [2.75, 3.05) is 13.2 Å². The lowest BCUT2D eigenvalue weighted by Crippen LogP contribution is -2.18. The third-order valence-corrected chi connectivity index (χ3v) is 2.84. The largest absolute Gasteiger partial charge is 0.381 e. The monoisotopic (exact) mass is 208 g/mol. The Labute approximate surface area is 89.2 Å². The fraction of sp³-hybridized carbons (Fsp3) is 0.636. The first kappa shape index (κ1) is 10.4. The summed E-state index contributed by atoms with van der Waals surface area (Å²) < 4.78 is 6.99. The van der Waals surface area contributed by atoms with Gasteiger partial charge in [-0.25, -0.2) is 0 Å². The molecular weight excluding hydrogens is 192 g/mol. The molecule has 2 heterocycles. The van der Waals surface area contributed by atoms with E-state index >= 15 is 0 Å². The summed E-state index contributed by atoms with van der Waals surface area (Å²) in [6.07, 6.45) is 1.35. The van der Waals surface area contributed by atoms with E-state index in [0.29, 0.717) is 13.0 Å². The first-order valence-electron chi connectivity index (χ1n) is 5.27. The topological polar surface area (TPSA) is 44.1 Å². The first-order chi connectivity index (χ1) is 7.16. The average Bonchev–Trinajstić information content (AvgIpc) is 2.76. The highest BCUT2D eigenvalue weighted by molar-refractivity contribution is 5.83. The molecule has 1 aliphatic heterocycles. The Hall–Kier alpha value is -1.16. The number of aromatic nitrogens is 2. The standard InChI is InChI=1S/C11H16N2O2/c1-8-5-10(13(2)12-8)6-11(14)9-3-4-15-7-9/h5,9H,3-4,6-7H2,1-2H3. The van der Waals surface area contributed by atoms with E-state index in [2.05, 4.69) is 5.10 Å². The number of rotatable bonds is 3. The molecular formula is C11H16N2O2. The molecule has 0 bridgehead atoms. The highest BCUT2D eigenvalue weighted by atomic mass is 16.5. The highest BCUT2D eigenvalue weighted by Crippen LogP contribution is 2.16. The number of hydrogen-bond acceptors (Lipinski definition) is 3. The van der Waals surface area contributed by atoms with Crippen LogP contribution in [0.3, 0.4) is 0 Å². The minimum atomic E-state index is 0.0974. The van der Waals surface area contributed by atoms with Crippen LogP contribution in [0.15, 0.2) is 6.07 Å². The number of ketones is 1. The summed E-state index contributed by atoms with van der Waals surface area (Å²) in [6.45, 7) is 3.25. The van der Waals surface area contributed by atoms with Gasteiger partial charge in [0.25, 0.3) is 0 Å². The molecule has 1 saturated heterocycles. The number of carbonyl (C=O) groups excluding carboxylic acids is 1. The summed E-state index contributed by atoms with van der Waals surface area (Å²) >= 11 is 0. The van der Waals surface area contributed by atoms with E-state index in [4.69, 9.17) is 4.74 Å². The molecule has 0 N–H and O–H groups in total. The number of nitrogens with zero attached hydrogens (tertiary/aromatic N) is 2. The van der Waals surface area contributed by atoms with Gasteiger partial charge in [-0.3, -0.25) is 9.48 Å². The van der Waals surface area contributed by atoms with Crippen LogP contribution < -0.4 is 0 Å². The van der Waals surface area contributed by atoms with Crippen molar-refractivity contribution in [3.05, 3.63) is 17.5 Å². The van der Waals surface area contributed by atoms with Gasteiger partial charge in [-0.2, -0.15) is 5.10 Å². The Kier molecular flexibility index (Phi) is 2.86. The van der Waals surface area contributed by atoms with Gasteiger partial charge >= 0.3 is 0 Å². The van der Waals surface area contributed by atoms with E-state index in [9.17, 15) is 4.79 Å². The van der Waals surface area contributed by atoms with Gasteiger partial charge in [-0.1, -0.05) is 0 Å². The summed E-state index contributed by atoms with van der Waals surface area (Å²) in [5.41, 5.74) is 1.95. The van der Waals surface area contributed by atoms with Gasteiger partial charge in [-0.05, 0) is 19.4 Å². The van der Waals surface area contributed by atoms with Crippen LogP contribution in [-0.2, 0) is 23.0 Å². The van der Waals surface area contributed by atoms with Gasteiger partial charge < -0.3 is 4.74 Å². The molecule has 0 spiro atoms. The van der Waals surface area contributed by atoms with E-state index < -0.39 is 0 Å². The molecule has 0 radical (unpaired) electrons. The Bertz CT molecular complexity index is 365. The van der Waals surface area contributed by atoms with Crippen molar-refractivity contribution in [2.24, 2.45) is 13.0 Å². The van der Waals surface area contributed by atoms with Gasteiger partial charge in [0, 0.05) is 31.7 Å². The Morgan fingerprint density at radius 2 is 2.53 bits per heavy atom. The molecule has 0 saturated carbocycles. The number of Topliss-reactive ketones (excluding diaryl/α,β-unsaturated/α-hetero) is 1. The van der Waals surface area contributed by atoms with Crippen molar-refractivity contribution in [3.63, 3.8) is 0 Å². The fourth-order valence-corrected chi connectivity index (χ4v) is 1.94. The van der Waals surface area contributed by atoms with Crippen LogP contribution in [0.25, 0.3) is 0 Å². The van der Waals surface area contributed by atoms with Crippen LogP contribution in [-0.4, -0.2) is 28.8 Å². The minimum Gasteiger partial charge on any atom is -0.381 e. The molecule has 0 amide bonds. The zero-order valence-electron chi connectivity index (χ0n) is 9.19. The van der Waals surface area contributed by atoms with E-state index in [0.717, 1.165) is 24.4 Å². The molecule has 82 valence electrons. The van der Waals surface area contributed by atoms with Crippen molar-refractivity contribution in [2.45, 2.75) is 19.8 Å². The van der Waals surface area contributed by atoms with Crippen molar-refractivity contribution >= 4 is 5.78 Å². The second-order valence-corrected chi connectivity index (χ2v) is 4.10. The number of aryl methyl sites for hydroxylation is 2. The summed E-state index contributed by atoms with van der Waals surface area (Å²) in [5.74, 6) is 0.371. The molecule has 1 aromatic heterocycles. The van der Waals surface area contributed by atoms with Gasteiger partial charge in [0.15, 0.2) is 0 Å². The van der Waals surface area contributed by atoms with Crippen LogP contribution >= 0.6 is 0 Å². The number of ether oxygens (including phenoxy) is 1. The second-order valence-electron chi connectivity index (χ2n) is 4.10. The van der Waals surface area contributed by atoms with E-state index in [1.54, 1.807) is 4.68 Å². The predicted octanol–water partition coefficient (Wildman–Crippen LogP) is 0.877. The van der Waals surface area contributed by atoms with E-state index in [1.807, 2.05) is 20.0 Å². The third kappa shape index (κ3) is 2.26.